The molecule has 0 saturated carbocycles. The summed E-state index contributed by atoms with van der Waals surface area (Å²) in [7, 11) is 1.86. The van der Waals surface area contributed by atoms with Gasteiger partial charge in [0.05, 0.1) is 3.79 Å². The predicted octanol–water partition coefficient (Wildman–Crippen LogP) is 4.91. The van der Waals surface area contributed by atoms with Crippen LogP contribution >= 0.6 is 27.3 Å². The summed E-state index contributed by atoms with van der Waals surface area (Å²) in [6.07, 6.45) is -3.97. The van der Waals surface area contributed by atoms with Gasteiger partial charge < -0.3 is 10.1 Å². The van der Waals surface area contributed by atoms with Gasteiger partial charge in [-0.25, -0.2) is 0 Å². The standard InChI is InChI=1S/C14H13BrF3NOS/c1-19-12(10-7-13(15)21-8-10)6-9-2-4-11(5-3-9)20-14(16,17)18/h2-5,7-8,12,19H,6H2,1H3. The molecule has 0 spiro atoms. The summed E-state index contributed by atoms with van der Waals surface area (Å²) in [5.41, 5.74) is 2.08. The molecule has 0 aliphatic carbocycles. The number of nitrogens with one attached hydrogen (secondary N) is 1. The number of likely N-dealkylation sites (N-methyl/N-ethyl adjacent to an activating group) is 1. The minimum Gasteiger partial charge on any atom is -0.406 e. The van der Waals surface area contributed by atoms with Gasteiger partial charge in [0.25, 0.3) is 0 Å². The first-order valence-electron chi connectivity index (χ1n) is 6.13. The van der Waals surface area contributed by atoms with Gasteiger partial charge in [-0.3, -0.25) is 0 Å². The maximum Gasteiger partial charge on any atom is 0.573 e. The van der Waals surface area contributed by atoms with Crippen LogP contribution in [-0.2, 0) is 6.42 Å². The maximum atomic E-state index is 12.1. The molecule has 21 heavy (non-hydrogen) atoms. The van der Waals surface area contributed by atoms with Gasteiger partial charge in [0.2, 0.25) is 0 Å². The average Bonchev–Trinajstić information content (AvgIpc) is 2.82. The number of rotatable bonds is 5. The fourth-order valence-corrected chi connectivity index (χ4v) is 3.19. The number of halogens is 4. The molecule has 1 unspecified atom stereocenters. The molecule has 114 valence electrons. The van der Waals surface area contributed by atoms with E-state index in [2.05, 4.69) is 26.0 Å². The molecule has 2 aromatic rings. The third kappa shape index (κ3) is 5.01. The van der Waals surface area contributed by atoms with Gasteiger partial charge in [0, 0.05) is 6.04 Å². The molecular weight excluding hydrogens is 367 g/mol. The lowest BCUT2D eigenvalue weighted by molar-refractivity contribution is -0.274. The van der Waals surface area contributed by atoms with Crippen molar-refractivity contribution in [1.82, 2.24) is 5.32 Å². The Morgan fingerprint density at radius 2 is 1.95 bits per heavy atom. The molecule has 0 fully saturated rings. The second-order valence-electron chi connectivity index (χ2n) is 4.42. The molecule has 1 atom stereocenters. The van der Waals surface area contributed by atoms with Crippen molar-refractivity contribution in [3.8, 4) is 5.75 Å². The zero-order valence-corrected chi connectivity index (χ0v) is 13.5. The molecule has 0 saturated heterocycles. The summed E-state index contributed by atoms with van der Waals surface area (Å²) < 4.78 is 41.2. The highest BCUT2D eigenvalue weighted by Gasteiger charge is 2.30. The Morgan fingerprint density at radius 3 is 2.43 bits per heavy atom. The van der Waals surface area contributed by atoms with E-state index in [1.807, 2.05) is 18.5 Å². The molecule has 0 aliphatic heterocycles. The van der Waals surface area contributed by atoms with Crippen LogP contribution in [0.25, 0.3) is 0 Å². The van der Waals surface area contributed by atoms with Crippen LogP contribution in [0, 0.1) is 0 Å². The Morgan fingerprint density at radius 1 is 1.29 bits per heavy atom. The number of alkyl halides is 3. The van der Waals surface area contributed by atoms with Crippen molar-refractivity contribution in [2.75, 3.05) is 7.05 Å². The van der Waals surface area contributed by atoms with Crippen molar-refractivity contribution in [2.45, 2.75) is 18.8 Å². The van der Waals surface area contributed by atoms with Crippen molar-refractivity contribution in [3.05, 3.63) is 50.6 Å². The van der Waals surface area contributed by atoms with Crippen molar-refractivity contribution >= 4 is 27.3 Å². The van der Waals surface area contributed by atoms with Crippen LogP contribution in [0.3, 0.4) is 0 Å². The van der Waals surface area contributed by atoms with Crippen LogP contribution in [0.2, 0.25) is 0 Å². The number of thiophene rings is 1. The van der Waals surface area contributed by atoms with Gasteiger partial charge in [-0.05, 0) is 64.1 Å². The van der Waals surface area contributed by atoms with Gasteiger partial charge in [-0.2, -0.15) is 0 Å². The topological polar surface area (TPSA) is 21.3 Å². The van der Waals surface area contributed by atoms with Gasteiger partial charge in [-0.15, -0.1) is 24.5 Å². The van der Waals surface area contributed by atoms with E-state index < -0.39 is 6.36 Å². The smallest absolute Gasteiger partial charge is 0.406 e. The first kappa shape index (κ1) is 16.3. The first-order chi connectivity index (χ1) is 9.87. The fourth-order valence-electron chi connectivity index (χ4n) is 1.96. The second kappa shape index (κ2) is 6.81. The van der Waals surface area contributed by atoms with Crippen molar-refractivity contribution < 1.29 is 17.9 Å². The number of benzene rings is 1. The van der Waals surface area contributed by atoms with Gasteiger partial charge >= 0.3 is 6.36 Å². The molecule has 7 heteroatoms. The molecule has 1 aromatic carbocycles. The van der Waals surface area contributed by atoms with E-state index in [1.165, 1.54) is 12.1 Å². The highest BCUT2D eigenvalue weighted by molar-refractivity contribution is 9.11. The largest absolute Gasteiger partial charge is 0.573 e. The third-order valence-corrected chi connectivity index (χ3v) is 4.46. The maximum absolute atomic E-state index is 12.1. The highest BCUT2D eigenvalue weighted by atomic mass is 79.9. The van der Waals surface area contributed by atoms with Gasteiger partial charge in [-0.1, -0.05) is 12.1 Å². The second-order valence-corrected chi connectivity index (χ2v) is 6.71. The van der Waals surface area contributed by atoms with E-state index in [0.717, 1.165) is 14.9 Å². The minimum atomic E-state index is -4.65. The summed E-state index contributed by atoms with van der Waals surface area (Å²) in [6, 6.07) is 8.10. The normalized spacial score (nSPS) is 13.2. The van der Waals surface area contributed by atoms with Crippen molar-refractivity contribution in [1.29, 1.82) is 0 Å². The molecule has 2 rings (SSSR count). The van der Waals surface area contributed by atoms with E-state index in [1.54, 1.807) is 23.5 Å². The molecule has 0 bridgehead atoms. The Bertz CT molecular complexity index is 583. The fraction of sp³-hybridized carbons (Fsp3) is 0.286. The monoisotopic (exact) mass is 379 g/mol. The summed E-state index contributed by atoms with van der Waals surface area (Å²) >= 11 is 5.02. The molecule has 0 radical (unpaired) electrons. The predicted molar refractivity (Wildman–Crippen MR) is 80.6 cm³/mol. The Kier molecular flexibility index (Phi) is 5.29. The Balaban J connectivity index is 2.05. The molecule has 2 nitrogen and oxygen atoms in total. The summed E-state index contributed by atoms with van der Waals surface area (Å²) in [6.45, 7) is 0. The Labute approximate surface area is 133 Å². The lowest BCUT2D eigenvalue weighted by Gasteiger charge is -2.15. The summed E-state index contributed by atoms with van der Waals surface area (Å²) in [5.74, 6) is -0.203. The Hall–Kier alpha value is -1.05. The summed E-state index contributed by atoms with van der Waals surface area (Å²) in [5, 5.41) is 5.26. The SMILES string of the molecule is CNC(Cc1ccc(OC(F)(F)F)cc1)c1csc(Br)c1. The molecule has 0 amide bonds. The van der Waals surface area contributed by atoms with Gasteiger partial charge in [0.1, 0.15) is 5.75 Å². The van der Waals surface area contributed by atoms with E-state index in [9.17, 15) is 13.2 Å². The zero-order chi connectivity index (χ0) is 15.5. The molecular formula is C14H13BrF3NOS. The number of hydrogen-bond acceptors (Lipinski definition) is 3. The van der Waals surface area contributed by atoms with Crippen LogP contribution in [0.5, 0.6) is 5.75 Å². The molecule has 1 aromatic heterocycles. The van der Waals surface area contributed by atoms with Crippen LogP contribution < -0.4 is 10.1 Å². The third-order valence-electron chi connectivity index (χ3n) is 2.94. The van der Waals surface area contributed by atoms with Crippen molar-refractivity contribution in [3.63, 3.8) is 0 Å². The van der Waals surface area contributed by atoms with E-state index in [4.69, 9.17) is 0 Å². The summed E-state index contributed by atoms with van der Waals surface area (Å²) in [4.78, 5) is 0. The van der Waals surface area contributed by atoms with Crippen LogP contribution in [0.15, 0.2) is 39.5 Å². The molecule has 0 aliphatic rings. The van der Waals surface area contributed by atoms with E-state index in [0.29, 0.717) is 6.42 Å². The van der Waals surface area contributed by atoms with Crippen LogP contribution in [0.4, 0.5) is 13.2 Å². The zero-order valence-electron chi connectivity index (χ0n) is 11.1. The molecule has 1 N–H and O–H groups in total. The van der Waals surface area contributed by atoms with Crippen LogP contribution in [-0.4, -0.2) is 13.4 Å². The van der Waals surface area contributed by atoms with Crippen LogP contribution in [0.1, 0.15) is 17.2 Å². The lowest BCUT2D eigenvalue weighted by atomic mass is 10.0. The number of ether oxygens (including phenoxy) is 1. The van der Waals surface area contributed by atoms with Gasteiger partial charge in [0.15, 0.2) is 0 Å². The molecule has 1 heterocycles. The van der Waals surface area contributed by atoms with E-state index >= 15 is 0 Å². The minimum absolute atomic E-state index is 0.113. The quantitative estimate of drug-likeness (QED) is 0.796. The van der Waals surface area contributed by atoms with Crippen molar-refractivity contribution in [2.24, 2.45) is 0 Å². The first-order valence-corrected chi connectivity index (χ1v) is 7.80. The average molecular weight is 380 g/mol. The number of hydrogen-bond donors (Lipinski definition) is 1. The van der Waals surface area contributed by atoms with E-state index in [-0.39, 0.29) is 11.8 Å². The lowest BCUT2D eigenvalue weighted by Crippen LogP contribution is -2.18. The highest BCUT2D eigenvalue weighted by Crippen LogP contribution is 2.28.